The molecule has 2 rings (SSSR count). The molecule has 0 unspecified atom stereocenters. The van der Waals surface area contributed by atoms with Crippen molar-refractivity contribution >= 4 is 31.4 Å². The van der Waals surface area contributed by atoms with Gasteiger partial charge in [-0.25, -0.2) is 0 Å². The summed E-state index contributed by atoms with van der Waals surface area (Å²) in [5, 5.41) is 0. The number of allylic oxidation sites excluding steroid dienone is 4. The van der Waals surface area contributed by atoms with Gasteiger partial charge in [-0.1, -0.05) is 0 Å². The van der Waals surface area contributed by atoms with Crippen LogP contribution < -0.4 is 4.46 Å². The predicted molar refractivity (Wildman–Crippen MR) is 117 cm³/mol. The molecule has 1 aliphatic rings. The van der Waals surface area contributed by atoms with Crippen LogP contribution in [-0.2, 0) is 19.1 Å². The van der Waals surface area contributed by atoms with E-state index in [1.807, 2.05) is 43.3 Å². The van der Waals surface area contributed by atoms with Gasteiger partial charge < -0.3 is 0 Å². The van der Waals surface area contributed by atoms with Gasteiger partial charge in [0.1, 0.15) is 0 Å². The van der Waals surface area contributed by atoms with Crippen LogP contribution in [0, 0.1) is 11.3 Å². The van der Waals surface area contributed by atoms with Crippen LogP contribution in [-0.4, -0.2) is 41.1 Å². The van der Waals surface area contributed by atoms with E-state index in [1.165, 1.54) is 31.8 Å². The molecule has 1 aromatic carbocycles. The molecule has 0 saturated heterocycles. The summed E-state index contributed by atoms with van der Waals surface area (Å²) in [6.45, 7) is 8.58. The molecule has 0 amide bonds. The van der Waals surface area contributed by atoms with Gasteiger partial charge in [0.15, 0.2) is 0 Å². The van der Waals surface area contributed by atoms with Crippen LogP contribution >= 0.6 is 0 Å². The van der Waals surface area contributed by atoms with Crippen LogP contribution in [0.2, 0.25) is 4.31 Å². The number of hydrogen-bond donors (Lipinski definition) is 0. The van der Waals surface area contributed by atoms with Crippen molar-refractivity contribution in [2.45, 2.75) is 51.3 Å². The topological polar surface area (TPSA) is 52.6 Å². The molecule has 158 valence electrons. The number of carbonyl (C=O) groups excluding carboxylic acids is 2. The van der Waals surface area contributed by atoms with Crippen LogP contribution in [0.3, 0.4) is 0 Å². The van der Waals surface area contributed by atoms with Gasteiger partial charge in [0.25, 0.3) is 0 Å². The Morgan fingerprint density at radius 2 is 1.72 bits per heavy atom. The minimum atomic E-state index is -1.37. The fraction of sp³-hybridized carbons (Fsp3) is 0.500. The normalized spacial score (nSPS) is 17.9. The average molecular weight is 463 g/mol. The molecular formula is C24H32O4Se. The van der Waals surface area contributed by atoms with E-state index in [2.05, 4.69) is 26.8 Å². The van der Waals surface area contributed by atoms with E-state index in [1.54, 1.807) is 0 Å². The van der Waals surface area contributed by atoms with Gasteiger partial charge in [-0.15, -0.1) is 0 Å². The fourth-order valence-electron chi connectivity index (χ4n) is 4.00. The van der Waals surface area contributed by atoms with Gasteiger partial charge in [0, 0.05) is 0 Å². The van der Waals surface area contributed by atoms with Crippen molar-refractivity contribution in [3.63, 3.8) is 0 Å². The quantitative estimate of drug-likeness (QED) is 0.345. The maximum atomic E-state index is 13.0. The third-order valence-corrected chi connectivity index (χ3v) is 8.96. The molecule has 0 aromatic heterocycles. The Bertz CT molecular complexity index is 776. The Kier molecular flexibility index (Phi) is 7.90. The van der Waals surface area contributed by atoms with Crippen LogP contribution in [0.25, 0.3) is 0 Å². The van der Waals surface area contributed by atoms with Gasteiger partial charge >= 0.3 is 181 Å². The molecule has 4 nitrogen and oxygen atoms in total. The van der Waals surface area contributed by atoms with E-state index >= 15 is 0 Å². The molecule has 0 N–H and O–H groups in total. The second-order valence-corrected chi connectivity index (χ2v) is 11.0. The SMILES string of the molecule is COC(=O)C([Se]c1ccccc1)(C(=O)OC)[C@H](C)/C=C/C1=C(C)CCCC1(C)C. The van der Waals surface area contributed by atoms with Gasteiger partial charge in [0.2, 0.25) is 0 Å². The van der Waals surface area contributed by atoms with Crippen molar-refractivity contribution < 1.29 is 19.1 Å². The first kappa shape index (κ1) is 23.4. The average Bonchev–Trinajstić information content (AvgIpc) is 2.70. The molecule has 0 aliphatic heterocycles. The zero-order valence-electron chi connectivity index (χ0n) is 18.3. The third kappa shape index (κ3) is 5.02. The Morgan fingerprint density at radius 1 is 1.14 bits per heavy atom. The van der Waals surface area contributed by atoms with E-state index in [0.29, 0.717) is 0 Å². The number of hydrogen-bond acceptors (Lipinski definition) is 4. The van der Waals surface area contributed by atoms with Gasteiger partial charge in [-0.2, -0.15) is 0 Å². The number of ether oxygens (including phenoxy) is 2. The summed E-state index contributed by atoms with van der Waals surface area (Å²) >= 11 is -0.496. The molecule has 0 saturated carbocycles. The molecule has 1 aromatic rings. The van der Waals surface area contributed by atoms with Gasteiger partial charge in [0.05, 0.1) is 0 Å². The van der Waals surface area contributed by atoms with Crippen molar-refractivity contribution in [3.8, 4) is 0 Å². The molecule has 29 heavy (non-hydrogen) atoms. The molecule has 0 radical (unpaired) electrons. The van der Waals surface area contributed by atoms with Crippen LogP contribution in [0.15, 0.2) is 53.6 Å². The van der Waals surface area contributed by atoms with E-state index < -0.39 is 31.2 Å². The van der Waals surface area contributed by atoms with Crippen molar-refractivity contribution in [2.75, 3.05) is 14.2 Å². The first-order valence-electron chi connectivity index (χ1n) is 9.98. The fourth-order valence-corrected chi connectivity index (χ4v) is 6.64. The Labute approximate surface area is 180 Å². The summed E-state index contributed by atoms with van der Waals surface area (Å²) in [6.07, 6.45) is 7.51. The van der Waals surface area contributed by atoms with E-state index in [-0.39, 0.29) is 11.3 Å². The van der Waals surface area contributed by atoms with Crippen molar-refractivity contribution in [1.82, 2.24) is 0 Å². The number of carbonyl (C=O) groups is 2. The second kappa shape index (κ2) is 9.77. The number of rotatable bonds is 7. The predicted octanol–water partition coefficient (Wildman–Crippen LogP) is 4.24. The summed E-state index contributed by atoms with van der Waals surface area (Å²) in [4.78, 5) is 25.9. The van der Waals surface area contributed by atoms with E-state index in [9.17, 15) is 9.59 Å². The zero-order chi connectivity index (χ0) is 21.7. The number of benzene rings is 1. The van der Waals surface area contributed by atoms with Crippen LogP contribution in [0.1, 0.15) is 47.0 Å². The summed E-state index contributed by atoms with van der Waals surface area (Å²) in [5.74, 6) is -1.46. The summed E-state index contributed by atoms with van der Waals surface area (Å²) in [6, 6.07) is 9.62. The van der Waals surface area contributed by atoms with Crippen molar-refractivity contribution in [2.24, 2.45) is 11.3 Å². The second-order valence-electron chi connectivity index (χ2n) is 8.21. The van der Waals surface area contributed by atoms with Gasteiger partial charge in [-0.3, -0.25) is 0 Å². The van der Waals surface area contributed by atoms with Gasteiger partial charge in [-0.05, 0) is 0 Å². The van der Waals surface area contributed by atoms with Crippen LogP contribution in [0.5, 0.6) is 0 Å². The minimum absolute atomic E-state index is 0.0856. The zero-order valence-corrected chi connectivity index (χ0v) is 20.0. The van der Waals surface area contributed by atoms with Crippen molar-refractivity contribution in [1.29, 1.82) is 0 Å². The Morgan fingerprint density at radius 3 is 2.24 bits per heavy atom. The molecule has 0 fully saturated rings. The van der Waals surface area contributed by atoms with E-state index in [0.717, 1.165) is 17.3 Å². The molecule has 0 heterocycles. The van der Waals surface area contributed by atoms with E-state index in [4.69, 9.17) is 9.47 Å². The molecule has 0 spiro atoms. The number of esters is 2. The summed E-state index contributed by atoms with van der Waals surface area (Å²) in [7, 11) is 2.66. The van der Waals surface area contributed by atoms with Crippen LogP contribution in [0.4, 0.5) is 0 Å². The first-order chi connectivity index (χ1) is 13.7. The Balaban J connectivity index is 2.49. The molecule has 0 bridgehead atoms. The number of methoxy groups -OCH3 is 2. The maximum absolute atomic E-state index is 13.0. The summed E-state index contributed by atoms with van der Waals surface area (Å²) in [5.41, 5.74) is 2.76. The molecule has 5 heteroatoms. The van der Waals surface area contributed by atoms with Crippen molar-refractivity contribution in [3.05, 3.63) is 53.6 Å². The molecule has 1 atom stereocenters. The Hall–Kier alpha value is -1.84. The summed E-state index contributed by atoms with van der Waals surface area (Å²) < 4.78 is 9.81. The molecular weight excluding hydrogens is 431 g/mol. The standard InChI is InChI=1S/C24H32O4Se/c1-17-11-10-16-23(3,4)20(17)15-14-18(2)24(21(25)27-5,22(26)28-6)29-19-12-8-7-9-13-19/h7-9,12-15,18H,10-11,16H2,1-6H3/b15-14+/t18-/m1/s1. The first-order valence-corrected chi connectivity index (χ1v) is 11.7. The molecule has 1 aliphatic carbocycles. The monoisotopic (exact) mass is 464 g/mol. The third-order valence-electron chi connectivity index (χ3n) is 5.73.